The summed E-state index contributed by atoms with van der Waals surface area (Å²) in [5.74, 6) is 0.351. The Bertz CT molecular complexity index is 1950. The van der Waals surface area contributed by atoms with Crippen LogP contribution in [0.25, 0.3) is 11.4 Å². The number of unbranched alkanes of at least 4 members (excludes halogenated alkanes) is 12. The minimum absolute atomic E-state index is 0.247. The number of benzene rings is 3. The average Bonchev–Trinajstić information content (AvgIpc) is 3.54. The van der Waals surface area contributed by atoms with Crippen LogP contribution in [-0.4, -0.2) is 27.7 Å². The summed E-state index contributed by atoms with van der Waals surface area (Å²) in [5, 5.41) is 8.89. The fourth-order valence-electron chi connectivity index (χ4n) is 6.78. The van der Waals surface area contributed by atoms with Crippen LogP contribution in [0.15, 0.2) is 114 Å². The van der Waals surface area contributed by atoms with Crippen LogP contribution in [0.4, 0.5) is 11.5 Å². The molecule has 0 saturated carbocycles. The van der Waals surface area contributed by atoms with Crippen molar-refractivity contribution in [2.45, 2.75) is 116 Å². The number of carbonyl (C=O) groups is 2. The highest BCUT2D eigenvalue weighted by atomic mass is 16.5. The van der Waals surface area contributed by atoms with Crippen LogP contribution in [0.5, 0.6) is 5.75 Å². The van der Waals surface area contributed by atoms with Crippen molar-refractivity contribution in [2.24, 2.45) is 0 Å². The van der Waals surface area contributed by atoms with E-state index in [1.807, 2.05) is 43.3 Å². The summed E-state index contributed by atoms with van der Waals surface area (Å²) < 4.78 is 9.21. The van der Waals surface area contributed by atoms with Crippen LogP contribution < -0.4 is 25.5 Å². The van der Waals surface area contributed by atoms with Crippen LogP contribution in [0.3, 0.4) is 0 Å². The van der Waals surface area contributed by atoms with E-state index in [-0.39, 0.29) is 28.9 Å². The molecule has 0 aliphatic heterocycles. The third-order valence-electron chi connectivity index (χ3n) is 9.92. The highest BCUT2D eigenvalue weighted by Crippen LogP contribution is 2.21. The van der Waals surface area contributed by atoms with Crippen molar-refractivity contribution < 1.29 is 18.9 Å². The summed E-state index contributed by atoms with van der Waals surface area (Å²) in [7, 11) is 0. The smallest absolute Gasteiger partial charge is 0.346 e. The molecule has 9 heteroatoms. The lowest BCUT2D eigenvalue weighted by Gasteiger charge is -2.18. The Morgan fingerprint density at radius 3 is 1.96 bits per heavy atom. The number of hydrogen-bond donors (Lipinski definition) is 3. The van der Waals surface area contributed by atoms with Gasteiger partial charge in [-0.1, -0.05) is 127 Å². The molecule has 0 bridgehead atoms. The van der Waals surface area contributed by atoms with Gasteiger partial charge in [0.2, 0.25) is 5.82 Å². The Hall–Kier alpha value is -5.44. The first kappa shape index (κ1) is 40.7. The molecular formula is C46H58N5O4+. The number of hydrogen-bond acceptors (Lipinski definition) is 4. The molecule has 0 fully saturated rings. The van der Waals surface area contributed by atoms with Gasteiger partial charge in [0.1, 0.15) is 5.75 Å². The second kappa shape index (κ2) is 22.1. The van der Waals surface area contributed by atoms with Crippen molar-refractivity contribution in [1.29, 1.82) is 0 Å². The molecule has 2 aromatic heterocycles. The lowest BCUT2D eigenvalue weighted by atomic mass is 10.0. The predicted octanol–water partition coefficient (Wildman–Crippen LogP) is 10.1. The van der Waals surface area contributed by atoms with Gasteiger partial charge in [-0.15, -0.1) is 0 Å². The van der Waals surface area contributed by atoms with Crippen molar-refractivity contribution in [3.8, 4) is 17.1 Å². The highest BCUT2D eigenvalue weighted by Gasteiger charge is 2.26. The van der Waals surface area contributed by atoms with Gasteiger partial charge >= 0.3 is 11.2 Å². The highest BCUT2D eigenvalue weighted by molar-refractivity contribution is 6.04. The molecule has 5 aromatic rings. The molecule has 0 saturated heterocycles. The van der Waals surface area contributed by atoms with Crippen LogP contribution in [-0.2, 0) is 11.2 Å². The van der Waals surface area contributed by atoms with Crippen molar-refractivity contribution in [1.82, 2.24) is 9.78 Å². The van der Waals surface area contributed by atoms with Crippen molar-refractivity contribution in [3.05, 3.63) is 131 Å². The fourth-order valence-corrected chi connectivity index (χ4v) is 6.78. The lowest BCUT2D eigenvalue weighted by molar-refractivity contribution is -0.595. The largest absolute Gasteiger partial charge is 0.481 e. The van der Waals surface area contributed by atoms with E-state index >= 15 is 0 Å². The number of ether oxygens (including phenoxy) is 1. The summed E-state index contributed by atoms with van der Waals surface area (Å²) in [4.78, 5) is 40.1. The molecule has 0 aliphatic carbocycles. The number of anilines is 2. The summed E-state index contributed by atoms with van der Waals surface area (Å²) >= 11 is 0. The maximum atomic E-state index is 13.7. The lowest BCUT2D eigenvalue weighted by Crippen LogP contribution is -2.37. The number of aromatic amines is 1. The molecule has 0 aliphatic rings. The van der Waals surface area contributed by atoms with E-state index in [1.165, 1.54) is 87.3 Å². The zero-order chi connectivity index (χ0) is 38.7. The summed E-state index contributed by atoms with van der Waals surface area (Å²) in [5.41, 5.74) is 2.70. The zero-order valence-electron chi connectivity index (χ0n) is 32.6. The zero-order valence-corrected chi connectivity index (χ0v) is 32.6. The molecule has 55 heavy (non-hydrogen) atoms. The van der Waals surface area contributed by atoms with Crippen LogP contribution in [0, 0.1) is 0 Å². The SMILES string of the molecule is CCCCCCCCCCCCCCCc1cccc(OC(CC)C(=O)Nc2ccc(-n3[nH]c(NC(=O)c4ccccc4)c(-[n+]4ccccc4)c3=O)cc2)c1. The van der Waals surface area contributed by atoms with E-state index in [0.717, 1.165) is 12.8 Å². The Kier molecular flexibility index (Phi) is 16.3. The van der Waals surface area contributed by atoms with Gasteiger partial charge in [-0.3, -0.25) is 19.5 Å². The van der Waals surface area contributed by atoms with Gasteiger partial charge < -0.3 is 15.4 Å². The second-order valence-corrected chi connectivity index (χ2v) is 14.3. The Morgan fingerprint density at radius 1 is 0.709 bits per heavy atom. The number of H-pyrrole nitrogens is 1. The number of nitrogens with zero attached hydrogens (tertiary/aromatic N) is 2. The molecule has 290 valence electrons. The summed E-state index contributed by atoms with van der Waals surface area (Å²) in [6.45, 7) is 4.20. The second-order valence-electron chi connectivity index (χ2n) is 14.3. The van der Waals surface area contributed by atoms with Crippen LogP contribution >= 0.6 is 0 Å². The minimum atomic E-state index is -0.668. The third kappa shape index (κ3) is 12.6. The van der Waals surface area contributed by atoms with E-state index in [0.29, 0.717) is 29.1 Å². The monoisotopic (exact) mass is 744 g/mol. The first-order chi connectivity index (χ1) is 27.0. The first-order valence-electron chi connectivity index (χ1n) is 20.3. The molecule has 2 heterocycles. The van der Waals surface area contributed by atoms with E-state index in [1.54, 1.807) is 65.5 Å². The predicted molar refractivity (Wildman–Crippen MR) is 221 cm³/mol. The van der Waals surface area contributed by atoms with Gasteiger partial charge in [0.15, 0.2) is 18.5 Å². The number of carbonyl (C=O) groups excluding carboxylic acids is 2. The molecule has 3 aromatic carbocycles. The standard InChI is InChI=1S/C46H57N5O4/c1-3-5-6-7-8-9-10-11-12-13-14-15-18-24-36-25-23-28-40(35-36)55-41(4-2)45(53)47-38-29-31-39(32-30-38)51-46(54)42(50-33-21-17-22-34-50)43(49-51)48-44(52)37-26-19-16-20-27-37/h16-17,19-23,25-35,41H,3-15,18,24H2,1-2H3,(H2-,47,48,49,52,53,54)/p+1. The molecule has 5 rings (SSSR count). The maximum absolute atomic E-state index is 13.7. The molecule has 0 radical (unpaired) electrons. The molecule has 2 amide bonds. The fraction of sp³-hybridized carbons (Fsp3) is 0.391. The number of pyridine rings is 1. The molecule has 3 N–H and O–H groups in total. The van der Waals surface area contributed by atoms with Gasteiger partial charge in [0, 0.05) is 23.4 Å². The van der Waals surface area contributed by atoms with Crippen LogP contribution in [0.1, 0.15) is 120 Å². The number of aromatic nitrogens is 3. The summed E-state index contributed by atoms with van der Waals surface area (Å²) in [6.07, 6.45) is 21.7. The topological polar surface area (TPSA) is 109 Å². The molecular weight excluding hydrogens is 687 g/mol. The third-order valence-corrected chi connectivity index (χ3v) is 9.92. The van der Waals surface area contributed by atoms with Crippen molar-refractivity contribution in [3.63, 3.8) is 0 Å². The van der Waals surface area contributed by atoms with Crippen molar-refractivity contribution in [2.75, 3.05) is 10.6 Å². The number of rotatable bonds is 23. The van der Waals surface area contributed by atoms with E-state index in [9.17, 15) is 14.4 Å². The number of nitrogens with one attached hydrogen (secondary N) is 3. The van der Waals surface area contributed by atoms with Gasteiger partial charge in [-0.05, 0) is 73.4 Å². The van der Waals surface area contributed by atoms with E-state index < -0.39 is 6.10 Å². The van der Waals surface area contributed by atoms with Gasteiger partial charge in [-0.2, -0.15) is 4.57 Å². The Morgan fingerprint density at radius 2 is 1.33 bits per heavy atom. The van der Waals surface area contributed by atoms with E-state index in [4.69, 9.17) is 4.74 Å². The normalized spacial score (nSPS) is 11.6. The molecule has 1 atom stereocenters. The van der Waals surface area contributed by atoms with Gasteiger partial charge in [-0.25, -0.2) is 4.68 Å². The Labute approximate surface area is 326 Å². The van der Waals surface area contributed by atoms with Gasteiger partial charge in [0.05, 0.1) is 5.69 Å². The van der Waals surface area contributed by atoms with E-state index in [2.05, 4.69) is 34.8 Å². The van der Waals surface area contributed by atoms with Crippen LogP contribution in [0.2, 0.25) is 0 Å². The molecule has 9 nitrogen and oxygen atoms in total. The maximum Gasteiger partial charge on any atom is 0.346 e. The molecule has 1 unspecified atom stereocenters. The first-order valence-corrected chi connectivity index (χ1v) is 20.3. The van der Waals surface area contributed by atoms with Gasteiger partial charge in [0.25, 0.3) is 11.8 Å². The minimum Gasteiger partial charge on any atom is -0.481 e. The summed E-state index contributed by atoms with van der Waals surface area (Å²) in [6, 6.07) is 29.3. The molecule has 0 spiro atoms. The number of amides is 2. The quantitative estimate of drug-likeness (QED) is 0.0457. The Balaban J connectivity index is 1.12. The number of aryl methyl sites for hydroxylation is 1. The average molecular weight is 745 g/mol. The van der Waals surface area contributed by atoms with Crippen molar-refractivity contribution >= 4 is 23.3 Å².